The molecule has 0 saturated heterocycles. The van der Waals surface area contributed by atoms with Crippen LogP contribution in [0.3, 0.4) is 0 Å². The van der Waals surface area contributed by atoms with E-state index in [0.29, 0.717) is 22.5 Å². The van der Waals surface area contributed by atoms with Gasteiger partial charge in [0.25, 0.3) is 5.91 Å². The third-order valence-corrected chi connectivity index (χ3v) is 5.37. The Balaban J connectivity index is 1.78. The second kappa shape index (κ2) is 8.97. The average Bonchev–Trinajstić information content (AvgIpc) is 3.02. The van der Waals surface area contributed by atoms with Crippen molar-refractivity contribution < 1.29 is 19.1 Å². The van der Waals surface area contributed by atoms with Crippen molar-refractivity contribution in [2.24, 2.45) is 12.0 Å². The number of nitrogens with one attached hydrogen (secondary N) is 1. The lowest BCUT2D eigenvalue weighted by Gasteiger charge is -2.04. The van der Waals surface area contributed by atoms with Crippen LogP contribution >= 0.6 is 23.6 Å². The second-order valence-corrected chi connectivity index (χ2v) is 7.34. The zero-order chi connectivity index (χ0) is 21.0. The first-order chi connectivity index (χ1) is 13.9. The molecule has 0 fully saturated rings. The number of rotatable bonds is 4. The lowest BCUT2D eigenvalue weighted by Crippen LogP contribution is -2.29. The maximum absolute atomic E-state index is 12.4. The van der Waals surface area contributed by atoms with Gasteiger partial charge in [0.05, 0.1) is 29.5 Å². The smallest absolute Gasteiger partial charge is 0.337 e. The maximum Gasteiger partial charge on any atom is 0.337 e. The number of methoxy groups -OCH3 is 1. The van der Waals surface area contributed by atoms with E-state index in [-0.39, 0.29) is 5.11 Å². The largest absolute Gasteiger partial charge is 0.494 e. The number of hydrogen-bond donors (Lipinski definition) is 1. The Hall–Kier alpha value is -3.04. The van der Waals surface area contributed by atoms with Gasteiger partial charge in [-0.05, 0) is 61.6 Å². The summed E-state index contributed by atoms with van der Waals surface area (Å²) in [6.07, 6.45) is 0. The van der Waals surface area contributed by atoms with Crippen molar-refractivity contribution >= 4 is 50.8 Å². The van der Waals surface area contributed by atoms with Gasteiger partial charge in [0.1, 0.15) is 5.75 Å². The third-order valence-electron chi connectivity index (χ3n) is 4.08. The van der Waals surface area contributed by atoms with Gasteiger partial charge in [-0.25, -0.2) is 4.79 Å². The number of ether oxygens (including phenoxy) is 2. The molecule has 0 atom stereocenters. The molecule has 1 N–H and O–H groups in total. The summed E-state index contributed by atoms with van der Waals surface area (Å²) in [7, 11) is 3.18. The molecule has 3 aromatic rings. The van der Waals surface area contributed by atoms with Crippen LogP contribution in [0.4, 0.5) is 0 Å². The van der Waals surface area contributed by atoms with Crippen LogP contribution in [0.25, 0.3) is 10.2 Å². The van der Waals surface area contributed by atoms with E-state index in [1.165, 1.54) is 42.7 Å². The van der Waals surface area contributed by atoms with E-state index in [4.69, 9.17) is 17.0 Å². The average molecular weight is 430 g/mol. The number of esters is 1. The Bertz CT molecular complexity index is 1150. The number of carbonyl (C=O) groups is 2. The molecule has 1 aromatic heterocycles. The molecule has 0 spiro atoms. The molecule has 1 amide bonds. The number of carbonyl (C=O) groups excluding carboxylic acids is 2. The van der Waals surface area contributed by atoms with Crippen LogP contribution in [0.15, 0.2) is 47.5 Å². The van der Waals surface area contributed by atoms with Crippen LogP contribution in [0, 0.1) is 0 Å². The van der Waals surface area contributed by atoms with Gasteiger partial charge in [0, 0.05) is 12.6 Å². The van der Waals surface area contributed by atoms with E-state index in [0.717, 1.165) is 16.0 Å². The number of thiocarbonyl (C=S) groups is 1. The monoisotopic (exact) mass is 429 g/mol. The number of aryl methyl sites for hydroxylation is 1. The van der Waals surface area contributed by atoms with E-state index in [1.54, 1.807) is 0 Å². The molecule has 29 heavy (non-hydrogen) atoms. The fourth-order valence-electron chi connectivity index (χ4n) is 2.64. The van der Waals surface area contributed by atoms with Crippen LogP contribution in [0.5, 0.6) is 5.75 Å². The lowest BCUT2D eigenvalue weighted by atomic mass is 10.1. The van der Waals surface area contributed by atoms with Crippen molar-refractivity contribution in [1.82, 2.24) is 9.88 Å². The normalized spacial score (nSPS) is 11.3. The van der Waals surface area contributed by atoms with E-state index in [9.17, 15) is 9.59 Å². The summed E-state index contributed by atoms with van der Waals surface area (Å²) in [4.78, 5) is 28.9. The highest BCUT2D eigenvalue weighted by Crippen LogP contribution is 2.22. The number of amides is 1. The minimum atomic E-state index is -0.466. The molecular weight excluding hydrogens is 410 g/mol. The highest BCUT2D eigenvalue weighted by Gasteiger charge is 2.11. The SMILES string of the molecule is CCOc1ccc2c(c1)s/c(=N\C(=S)NC(=O)c1ccc(C(=O)OC)cc1)n2C. The van der Waals surface area contributed by atoms with E-state index < -0.39 is 11.9 Å². The third kappa shape index (κ3) is 4.69. The first-order valence-electron chi connectivity index (χ1n) is 8.73. The van der Waals surface area contributed by atoms with Crippen LogP contribution in [-0.2, 0) is 11.8 Å². The van der Waals surface area contributed by atoms with Gasteiger partial charge in [0.2, 0.25) is 5.11 Å². The molecule has 0 aliphatic carbocycles. The van der Waals surface area contributed by atoms with Crippen LogP contribution < -0.4 is 14.9 Å². The van der Waals surface area contributed by atoms with E-state index >= 15 is 0 Å². The fraction of sp³-hybridized carbons (Fsp3) is 0.200. The second-order valence-electron chi connectivity index (χ2n) is 5.95. The van der Waals surface area contributed by atoms with Gasteiger partial charge in [-0.1, -0.05) is 11.3 Å². The summed E-state index contributed by atoms with van der Waals surface area (Å²) in [6, 6.07) is 11.9. The van der Waals surface area contributed by atoms with E-state index in [2.05, 4.69) is 15.0 Å². The van der Waals surface area contributed by atoms with Crippen LogP contribution in [0.2, 0.25) is 0 Å². The predicted molar refractivity (Wildman–Crippen MR) is 115 cm³/mol. The van der Waals surface area contributed by atoms with E-state index in [1.807, 2.05) is 36.7 Å². The molecule has 0 aliphatic rings. The van der Waals surface area contributed by atoms with Crippen molar-refractivity contribution in [3.8, 4) is 5.75 Å². The molecule has 1 heterocycles. The molecule has 3 rings (SSSR count). The predicted octanol–water partition coefficient (Wildman–Crippen LogP) is 3.04. The fourth-order valence-corrected chi connectivity index (χ4v) is 3.93. The van der Waals surface area contributed by atoms with Gasteiger partial charge in [-0.3, -0.25) is 10.1 Å². The quantitative estimate of drug-likeness (QED) is 0.509. The van der Waals surface area contributed by atoms with Crippen molar-refractivity contribution in [1.29, 1.82) is 0 Å². The lowest BCUT2D eigenvalue weighted by molar-refractivity contribution is 0.0600. The summed E-state index contributed by atoms with van der Waals surface area (Å²) in [5.74, 6) is -0.0792. The minimum Gasteiger partial charge on any atom is -0.494 e. The number of benzene rings is 2. The molecule has 7 nitrogen and oxygen atoms in total. The van der Waals surface area contributed by atoms with Crippen molar-refractivity contribution in [2.45, 2.75) is 6.92 Å². The summed E-state index contributed by atoms with van der Waals surface area (Å²) >= 11 is 6.67. The summed E-state index contributed by atoms with van der Waals surface area (Å²) in [5, 5.41) is 2.64. The molecule has 2 aromatic carbocycles. The molecule has 0 aliphatic heterocycles. The van der Waals surface area contributed by atoms with Gasteiger partial charge >= 0.3 is 5.97 Å². The Morgan fingerprint density at radius 1 is 1.17 bits per heavy atom. The number of nitrogens with zero attached hydrogens (tertiary/aromatic N) is 2. The number of hydrogen-bond acceptors (Lipinski definition) is 6. The first kappa shape index (κ1) is 20.7. The zero-order valence-electron chi connectivity index (χ0n) is 16.1. The summed E-state index contributed by atoms with van der Waals surface area (Å²) < 4.78 is 13.1. The molecule has 0 saturated carbocycles. The topological polar surface area (TPSA) is 81.9 Å². The molecule has 0 unspecified atom stereocenters. The number of fused-ring (bicyclic) bond motifs is 1. The van der Waals surface area contributed by atoms with Gasteiger partial charge in [-0.2, -0.15) is 4.99 Å². The zero-order valence-corrected chi connectivity index (χ0v) is 17.7. The van der Waals surface area contributed by atoms with Crippen LogP contribution in [0.1, 0.15) is 27.6 Å². The summed E-state index contributed by atoms with van der Waals surface area (Å²) in [6.45, 7) is 2.53. The maximum atomic E-state index is 12.4. The van der Waals surface area contributed by atoms with Crippen molar-refractivity contribution in [2.75, 3.05) is 13.7 Å². The number of thiazole rings is 1. The highest BCUT2D eigenvalue weighted by atomic mass is 32.1. The molecule has 0 bridgehead atoms. The highest BCUT2D eigenvalue weighted by molar-refractivity contribution is 7.80. The van der Waals surface area contributed by atoms with Gasteiger partial charge < -0.3 is 14.0 Å². The molecule has 0 radical (unpaired) electrons. The Morgan fingerprint density at radius 3 is 2.52 bits per heavy atom. The first-order valence-corrected chi connectivity index (χ1v) is 9.96. The van der Waals surface area contributed by atoms with Gasteiger partial charge in [-0.15, -0.1) is 0 Å². The number of aromatic nitrogens is 1. The Morgan fingerprint density at radius 2 is 1.86 bits per heavy atom. The summed E-state index contributed by atoms with van der Waals surface area (Å²) in [5.41, 5.74) is 1.71. The Kier molecular flexibility index (Phi) is 6.40. The van der Waals surface area contributed by atoms with Crippen molar-refractivity contribution in [3.05, 3.63) is 58.4 Å². The molecule has 9 heteroatoms. The minimum absolute atomic E-state index is 0.0548. The van der Waals surface area contributed by atoms with Crippen molar-refractivity contribution in [3.63, 3.8) is 0 Å². The molecule has 150 valence electrons. The van der Waals surface area contributed by atoms with Crippen LogP contribution in [-0.4, -0.2) is 35.3 Å². The standard InChI is InChI=1S/C20H19N3O4S2/c1-4-27-14-9-10-15-16(11-14)29-20(23(15)2)22-19(28)21-17(24)12-5-7-13(8-6-12)18(25)26-3/h5-11H,4H2,1-3H3,(H,21,24,28)/b22-20-. The van der Waals surface area contributed by atoms with Gasteiger partial charge in [0.15, 0.2) is 4.80 Å². The molecular formula is C20H19N3O4S2. The Labute approximate surface area is 176 Å².